The Balaban J connectivity index is 1.58. The quantitative estimate of drug-likeness (QED) is 0.667. The van der Waals surface area contributed by atoms with Crippen LogP contribution in [-0.4, -0.2) is 36.0 Å². The van der Waals surface area contributed by atoms with Crippen LogP contribution >= 0.6 is 0 Å². The molecular weight excluding hydrogens is 366 g/mol. The van der Waals surface area contributed by atoms with Crippen LogP contribution in [0.4, 0.5) is 5.82 Å². The van der Waals surface area contributed by atoms with E-state index in [4.69, 9.17) is 9.15 Å². The van der Waals surface area contributed by atoms with Gasteiger partial charge in [0.1, 0.15) is 6.61 Å². The van der Waals surface area contributed by atoms with E-state index in [0.717, 1.165) is 34.6 Å². The monoisotopic (exact) mass is 389 g/mol. The first-order valence-corrected chi connectivity index (χ1v) is 9.52. The highest BCUT2D eigenvalue weighted by atomic mass is 16.5. The van der Waals surface area contributed by atoms with Crippen LogP contribution in [0.3, 0.4) is 0 Å². The van der Waals surface area contributed by atoms with Gasteiger partial charge in [0.05, 0.1) is 25.1 Å². The molecule has 3 heterocycles. The highest BCUT2D eigenvalue weighted by Crippen LogP contribution is 2.31. The van der Waals surface area contributed by atoms with E-state index in [1.165, 1.54) is 0 Å². The van der Waals surface area contributed by atoms with Crippen molar-refractivity contribution in [3.05, 3.63) is 83.5 Å². The summed E-state index contributed by atoms with van der Waals surface area (Å²) < 4.78 is 10.9. The fourth-order valence-corrected chi connectivity index (χ4v) is 3.47. The first-order valence-electron chi connectivity index (χ1n) is 9.52. The van der Waals surface area contributed by atoms with E-state index in [0.29, 0.717) is 12.4 Å². The van der Waals surface area contributed by atoms with Crippen LogP contribution in [0.1, 0.15) is 28.3 Å². The number of fused-ring (bicyclic) bond motifs is 1. The Morgan fingerprint density at radius 3 is 2.97 bits per heavy atom. The molecule has 1 aliphatic rings. The number of aromatic nitrogens is 1. The van der Waals surface area contributed by atoms with Crippen molar-refractivity contribution in [1.82, 2.24) is 9.88 Å². The van der Waals surface area contributed by atoms with Gasteiger partial charge in [0, 0.05) is 24.9 Å². The van der Waals surface area contributed by atoms with Crippen LogP contribution < -0.4 is 10.1 Å². The first kappa shape index (κ1) is 18.8. The average molecular weight is 389 g/mol. The van der Waals surface area contributed by atoms with Crippen LogP contribution in [0.25, 0.3) is 6.08 Å². The third-order valence-electron chi connectivity index (χ3n) is 5.02. The lowest BCUT2D eigenvalue weighted by molar-refractivity contribution is -0.126. The molecule has 1 unspecified atom stereocenters. The minimum absolute atomic E-state index is 0.115. The maximum absolute atomic E-state index is 13.0. The SMILES string of the molecule is Cc1ccccc1C(c1ccoc1)N(C)C(=O)/C=C/c1cnc2c(c1)OCCN2. The lowest BCUT2D eigenvalue weighted by Gasteiger charge is -2.28. The van der Waals surface area contributed by atoms with E-state index < -0.39 is 0 Å². The van der Waals surface area contributed by atoms with Gasteiger partial charge in [0.25, 0.3) is 0 Å². The Bertz CT molecular complexity index is 1030. The Kier molecular flexibility index (Phi) is 5.33. The van der Waals surface area contributed by atoms with Gasteiger partial charge in [-0.1, -0.05) is 24.3 Å². The second-order valence-electron chi connectivity index (χ2n) is 6.99. The lowest BCUT2D eigenvalue weighted by Crippen LogP contribution is -2.30. The fraction of sp³-hybridized carbons (Fsp3) is 0.217. The molecule has 2 aromatic heterocycles. The molecule has 148 valence electrons. The van der Waals surface area contributed by atoms with Crippen molar-refractivity contribution in [1.29, 1.82) is 0 Å². The number of furan rings is 1. The predicted molar refractivity (Wildman–Crippen MR) is 112 cm³/mol. The zero-order valence-corrected chi connectivity index (χ0v) is 16.5. The van der Waals surface area contributed by atoms with Crippen molar-refractivity contribution in [3.63, 3.8) is 0 Å². The first-order chi connectivity index (χ1) is 14.1. The molecular formula is C23H23N3O3. The topological polar surface area (TPSA) is 67.6 Å². The second-order valence-corrected chi connectivity index (χ2v) is 6.99. The van der Waals surface area contributed by atoms with E-state index in [9.17, 15) is 4.79 Å². The average Bonchev–Trinajstić information content (AvgIpc) is 3.27. The van der Waals surface area contributed by atoms with Gasteiger partial charge in [0.2, 0.25) is 5.91 Å². The molecule has 3 aromatic rings. The molecule has 1 amide bonds. The molecule has 6 heteroatoms. The number of likely N-dealkylation sites (N-methyl/N-ethyl adjacent to an activating group) is 1. The summed E-state index contributed by atoms with van der Waals surface area (Å²) in [5, 5.41) is 3.18. The van der Waals surface area contributed by atoms with Crippen LogP contribution in [0, 0.1) is 6.92 Å². The summed E-state index contributed by atoms with van der Waals surface area (Å²) in [5.41, 5.74) is 3.92. The standard InChI is InChI=1S/C23H23N3O3/c1-16-5-3-4-6-19(16)22(18-9-11-28-15-18)26(2)21(27)8-7-17-13-20-23(25-14-17)24-10-12-29-20/h3-9,11,13-15,22H,10,12H2,1-2H3,(H,24,25)/b8-7+. The van der Waals surface area contributed by atoms with Crippen molar-refractivity contribution in [2.45, 2.75) is 13.0 Å². The fourth-order valence-electron chi connectivity index (χ4n) is 3.47. The highest BCUT2D eigenvalue weighted by Gasteiger charge is 2.24. The molecule has 0 fully saturated rings. The zero-order chi connectivity index (χ0) is 20.2. The summed E-state index contributed by atoms with van der Waals surface area (Å²) in [6.45, 7) is 3.39. The molecule has 1 atom stereocenters. The second kappa shape index (κ2) is 8.22. The Hall–Kier alpha value is -3.54. The van der Waals surface area contributed by atoms with Crippen LogP contribution in [-0.2, 0) is 4.79 Å². The third kappa shape index (κ3) is 4.01. The molecule has 0 bridgehead atoms. The normalized spacial score (nSPS) is 14.0. The number of amides is 1. The Labute approximate surface area is 169 Å². The number of carbonyl (C=O) groups excluding carboxylic acids is 1. The van der Waals surface area contributed by atoms with Gasteiger partial charge in [0.15, 0.2) is 11.6 Å². The van der Waals surface area contributed by atoms with E-state index in [1.54, 1.807) is 42.8 Å². The number of pyridine rings is 1. The Morgan fingerprint density at radius 1 is 1.31 bits per heavy atom. The minimum atomic E-state index is -0.235. The minimum Gasteiger partial charge on any atom is -0.488 e. The summed E-state index contributed by atoms with van der Waals surface area (Å²) in [4.78, 5) is 19.0. The summed E-state index contributed by atoms with van der Waals surface area (Å²) >= 11 is 0. The number of anilines is 1. The summed E-state index contributed by atoms with van der Waals surface area (Å²) in [7, 11) is 1.80. The molecule has 6 nitrogen and oxygen atoms in total. The predicted octanol–water partition coefficient (Wildman–Crippen LogP) is 4.05. The van der Waals surface area contributed by atoms with E-state index in [-0.39, 0.29) is 11.9 Å². The highest BCUT2D eigenvalue weighted by molar-refractivity contribution is 5.92. The molecule has 0 aliphatic carbocycles. The zero-order valence-electron chi connectivity index (χ0n) is 16.5. The maximum Gasteiger partial charge on any atom is 0.247 e. The van der Waals surface area contributed by atoms with Gasteiger partial charge in [-0.2, -0.15) is 0 Å². The number of nitrogens with one attached hydrogen (secondary N) is 1. The number of nitrogens with zero attached hydrogens (tertiary/aromatic N) is 2. The molecule has 1 aliphatic heterocycles. The van der Waals surface area contributed by atoms with Crippen molar-refractivity contribution in [3.8, 4) is 5.75 Å². The maximum atomic E-state index is 13.0. The number of carbonyl (C=O) groups is 1. The number of rotatable bonds is 5. The van der Waals surface area contributed by atoms with Gasteiger partial charge in [-0.05, 0) is 41.8 Å². The molecule has 1 aromatic carbocycles. The van der Waals surface area contributed by atoms with Crippen LogP contribution in [0.5, 0.6) is 5.75 Å². The molecule has 4 rings (SSSR count). The molecule has 0 radical (unpaired) electrons. The number of aryl methyl sites for hydroxylation is 1. The van der Waals surface area contributed by atoms with Gasteiger partial charge >= 0.3 is 0 Å². The van der Waals surface area contributed by atoms with E-state index in [1.807, 2.05) is 43.3 Å². The summed E-state index contributed by atoms with van der Waals surface area (Å²) in [6, 6.07) is 11.6. The number of benzene rings is 1. The van der Waals surface area contributed by atoms with Crippen molar-refractivity contribution in [2.75, 3.05) is 25.5 Å². The third-order valence-corrected chi connectivity index (χ3v) is 5.02. The van der Waals surface area contributed by atoms with Gasteiger partial charge in [-0.25, -0.2) is 4.98 Å². The number of hydrogen-bond donors (Lipinski definition) is 1. The molecule has 0 saturated heterocycles. The van der Waals surface area contributed by atoms with Gasteiger partial charge in [-0.15, -0.1) is 0 Å². The van der Waals surface area contributed by atoms with Gasteiger partial charge in [-0.3, -0.25) is 4.79 Å². The van der Waals surface area contributed by atoms with E-state index in [2.05, 4.69) is 10.3 Å². The lowest BCUT2D eigenvalue weighted by atomic mass is 9.95. The molecule has 29 heavy (non-hydrogen) atoms. The van der Waals surface area contributed by atoms with E-state index >= 15 is 0 Å². The number of hydrogen-bond acceptors (Lipinski definition) is 5. The van der Waals surface area contributed by atoms with Crippen molar-refractivity contribution >= 4 is 17.8 Å². The van der Waals surface area contributed by atoms with Crippen LogP contribution in [0.15, 0.2) is 65.6 Å². The number of ether oxygens (including phenoxy) is 1. The largest absolute Gasteiger partial charge is 0.488 e. The Morgan fingerprint density at radius 2 is 2.17 bits per heavy atom. The molecule has 0 spiro atoms. The molecule has 0 saturated carbocycles. The van der Waals surface area contributed by atoms with Crippen LogP contribution in [0.2, 0.25) is 0 Å². The van der Waals surface area contributed by atoms with Crippen molar-refractivity contribution < 1.29 is 13.9 Å². The van der Waals surface area contributed by atoms with Gasteiger partial charge < -0.3 is 19.4 Å². The van der Waals surface area contributed by atoms with Crippen molar-refractivity contribution in [2.24, 2.45) is 0 Å². The smallest absolute Gasteiger partial charge is 0.247 e. The summed E-state index contributed by atoms with van der Waals surface area (Å²) in [6.07, 6.45) is 8.35. The molecule has 1 N–H and O–H groups in total. The summed E-state index contributed by atoms with van der Waals surface area (Å²) in [5.74, 6) is 1.32.